The average Bonchev–Trinajstić information content (AvgIpc) is 2.09. The van der Waals surface area contributed by atoms with Crippen molar-refractivity contribution in [1.82, 2.24) is 0 Å². The maximum absolute atomic E-state index is 13.4. The molecule has 1 aromatic carbocycles. The summed E-state index contributed by atoms with van der Waals surface area (Å²) in [7, 11) is -3.47. The Hall–Kier alpha value is -0.410. The van der Waals surface area contributed by atoms with E-state index in [1.165, 1.54) is 6.07 Å². The highest BCUT2D eigenvalue weighted by Crippen LogP contribution is 2.24. The van der Waals surface area contributed by atoms with Crippen LogP contribution in [0.1, 0.15) is 5.56 Å². The van der Waals surface area contributed by atoms with E-state index in [2.05, 4.69) is 4.72 Å². The molecule has 0 saturated carbocycles. The number of sulfonamides is 1. The van der Waals surface area contributed by atoms with Crippen molar-refractivity contribution in [2.24, 2.45) is 5.73 Å². The highest BCUT2D eigenvalue weighted by atomic mass is 127. The Morgan fingerprint density at radius 1 is 1.53 bits per heavy atom. The number of nitrogens with two attached hydrogens (primary N) is 1. The molecule has 84 valence electrons. The molecule has 0 amide bonds. The number of hydrogen-bond acceptors (Lipinski definition) is 3. The first-order valence-electron chi connectivity index (χ1n) is 3.99. The third-order valence-electron chi connectivity index (χ3n) is 1.63. The standard InChI is InChI=1S/C8H10FIN2O2S/c1-15(13,14)12-8-6(9)2-5(4-11)3-7(8)10/h2-3,12H,4,11H2,1H3. The van der Waals surface area contributed by atoms with Crippen molar-refractivity contribution in [3.8, 4) is 0 Å². The molecule has 0 spiro atoms. The molecule has 0 aliphatic heterocycles. The van der Waals surface area contributed by atoms with E-state index < -0.39 is 15.8 Å². The lowest BCUT2D eigenvalue weighted by atomic mass is 10.2. The summed E-state index contributed by atoms with van der Waals surface area (Å²) in [6.45, 7) is 0.214. The van der Waals surface area contributed by atoms with Crippen molar-refractivity contribution in [2.75, 3.05) is 11.0 Å². The summed E-state index contributed by atoms with van der Waals surface area (Å²) in [5.41, 5.74) is 5.95. The van der Waals surface area contributed by atoms with E-state index in [0.717, 1.165) is 6.26 Å². The lowest BCUT2D eigenvalue weighted by Crippen LogP contribution is -2.12. The zero-order chi connectivity index (χ0) is 11.6. The SMILES string of the molecule is CS(=O)(=O)Nc1c(F)cc(CN)cc1I. The van der Waals surface area contributed by atoms with Gasteiger partial charge in [-0.2, -0.15) is 0 Å². The minimum Gasteiger partial charge on any atom is -0.326 e. The van der Waals surface area contributed by atoms with E-state index in [4.69, 9.17) is 5.73 Å². The summed E-state index contributed by atoms with van der Waals surface area (Å²) < 4.78 is 38.0. The maximum Gasteiger partial charge on any atom is 0.229 e. The molecular formula is C8H10FIN2O2S. The lowest BCUT2D eigenvalue weighted by molar-refractivity contribution is 0.603. The van der Waals surface area contributed by atoms with Gasteiger partial charge < -0.3 is 5.73 Å². The van der Waals surface area contributed by atoms with E-state index in [-0.39, 0.29) is 12.2 Å². The van der Waals surface area contributed by atoms with Gasteiger partial charge in [0.15, 0.2) is 0 Å². The van der Waals surface area contributed by atoms with Crippen molar-refractivity contribution >= 4 is 38.3 Å². The highest BCUT2D eigenvalue weighted by molar-refractivity contribution is 14.1. The largest absolute Gasteiger partial charge is 0.326 e. The zero-order valence-corrected chi connectivity index (χ0v) is 10.9. The second-order valence-corrected chi connectivity index (χ2v) is 5.92. The summed E-state index contributed by atoms with van der Waals surface area (Å²) in [5, 5.41) is 0. The van der Waals surface area contributed by atoms with Gasteiger partial charge in [-0.25, -0.2) is 12.8 Å². The maximum atomic E-state index is 13.4. The molecule has 15 heavy (non-hydrogen) atoms. The van der Waals surface area contributed by atoms with Crippen LogP contribution in [0.25, 0.3) is 0 Å². The zero-order valence-electron chi connectivity index (χ0n) is 7.92. The molecule has 0 aromatic heterocycles. The van der Waals surface area contributed by atoms with Gasteiger partial charge in [0, 0.05) is 10.1 Å². The fraction of sp³-hybridized carbons (Fsp3) is 0.250. The molecule has 0 atom stereocenters. The predicted octanol–water partition coefficient (Wildman–Crippen LogP) is 1.26. The monoisotopic (exact) mass is 344 g/mol. The van der Waals surface area contributed by atoms with Crippen LogP contribution in [0.4, 0.5) is 10.1 Å². The van der Waals surface area contributed by atoms with Crippen LogP contribution in [0.2, 0.25) is 0 Å². The Bertz CT molecular complexity index is 453. The normalized spacial score (nSPS) is 11.5. The summed E-state index contributed by atoms with van der Waals surface area (Å²) in [4.78, 5) is 0. The van der Waals surface area contributed by atoms with Crippen LogP contribution in [-0.4, -0.2) is 14.7 Å². The van der Waals surface area contributed by atoms with Crippen LogP contribution < -0.4 is 10.5 Å². The Labute approximate surface area is 101 Å². The van der Waals surface area contributed by atoms with Gasteiger partial charge in [-0.1, -0.05) is 0 Å². The quantitative estimate of drug-likeness (QED) is 0.811. The van der Waals surface area contributed by atoms with Crippen molar-refractivity contribution in [3.05, 3.63) is 27.1 Å². The van der Waals surface area contributed by atoms with Crippen molar-refractivity contribution < 1.29 is 12.8 Å². The van der Waals surface area contributed by atoms with Crippen LogP contribution in [-0.2, 0) is 16.6 Å². The number of halogens is 2. The van der Waals surface area contributed by atoms with Gasteiger partial charge in [0.2, 0.25) is 10.0 Å². The third kappa shape index (κ3) is 3.58. The van der Waals surface area contributed by atoms with Gasteiger partial charge in [0.05, 0.1) is 11.9 Å². The summed E-state index contributed by atoms with van der Waals surface area (Å²) in [6.07, 6.45) is 0.972. The molecule has 1 rings (SSSR count). The van der Waals surface area contributed by atoms with Crippen molar-refractivity contribution in [3.63, 3.8) is 0 Å². The molecule has 0 bridgehead atoms. The lowest BCUT2D eigenvalue weighted by Gasteiger charge is -2.09. The molecule has 0 aliphatic carbocycles. The second kappa shape index (κ2) is 4.62. The summed E-state index contributed by atoms with van der Waals surface area (Å²) in [5.74, 6) is -0.618. The first kappa shape index (κ1) is 12.7. The molecule has 0 aliphatic rings. The predicted molar refractivity (Wildman–Crippen MR) is 65.5 cm³/mol. The molecule has 1 aromatic rings. The highest BCUT2D eigenvalue weighted by Gasteiger charge is 2.12. The molecule has 4 nitrogen and oxygen atoms in total. The Morgan fingerprint density at radius 3 is 2.53 bits per heavy atom. The van der Waals surface area contributed by atoms with Gasteiger partial charge in [-0.05, 0) is 40.3 Å². The number of hydrogen-bond donors (Lipinski definition) is 2. The van der Waals surface area contributed by atoms with Gasteiger partial charge in [-0.15, -0.1) is 0 Å². The van der Waals surface area contributed by atoms with Crippen LogP contribution in [0.5, 0.6) is 0 Å². The average molecular weight is 344 g/mol. The van der Waals surface area contributed by atoms with Crippen molar-refractivity contribution in [2.45, 2.75) is 6.54 Å². The van der Waals surface area contributed by atoms with Gasteiger partial charge in [-0.3, -0.25) is 4.72 Å². The number of rotatable bonds is 3. The Kier molecular flexibility index (Phi) is 3.90. The Balaban J connectivity index is 3.20. The summed E-state index contributed by atoms with van der Waals surface area (Å²) in [6, 6.07) is 2.85. The van der Waals surface area contributed by atoms with E-state index in [0.29, 0.717) is 9.13 Å². The van der Waals surface area contributed by atoms with E-state index in [9.17, 15) is 12.8 Å². The van der Waals surface area contributed by atoms with Crippen LogP contribution in [0.15, 0.2) is 12.1 Å². The molecule has 7 heteroatoms. The molecule has 3 N–H and O–H groups in total. The second-order valence-electron chi connectivity index (χ2n) is 3.01. The number of benzene rings is 1. The third-order valence-corrected chi connectivity index (χ3v) is 3.05. The smallest absolute Gasteiger partial charge is 0.229 e. The topological polar surface area (TPSA) is 72.2 Å². The number of nitrogens with one attached hydrogen (secondary N) is 1. The van der Waals surface area contributed by atoms with Gasteiger partial charge >= 0.3 is 0 Å². The van der Waals surface area contributed by atoms with Gasteiger partial charge in [0.1, 0.15) is 5.82 Å². The molecular weight excluding hydrogens is 334 g/mol. The van der Waals surface area contributed by atoms with Gasteiger partial charge in [0.25, 0.3) is 0 Å². The molecule has 0 fully saturated rings. The minimum atomic E-state index is -3.47. The molecule has 0 radical (unpaired) electrons. The van der Waals surface area contributed by atoms with E-state index in [1.807, 2.05) is 22.6 Å². The first-order valence-corrected chi connectivity index (χ1v) is 6.96. The van der Waals surface area contributed by atoms with Crippen LogP contribution in [0.3, 0.4) is 0 Å². The molecule has 0 heterocycles. The fourth-order valence-electron chi connectivity index (χ4n) is 1.03. The summed E-state index contributed by atoms with van der Waals surface area (Å²) >= 11 is 1.85. The van der Waals surface area contributed by atoms with Crippen LogP contribution in [0, 0.1) is 9.39 Å². The first-order chi connectivity index (χ1) is 6.83. The molecule has 0 saturated heterocycles. The van der Waals surface area contributed by atoms with Crippen LogP contribution >= 0.6 is 22.6 Å². The van der Waals surface area contributed by atoms with E-state index in [1.54, 1.807) is 6.07 Å². The minimum absolute atomic E-state index is 0.0321. The van der Waals surface area contributed by atoms with E-state index >= 15 is 0 Å². The Morgan fingerprint density at radius 2 is 2.13 bits per heavy atom. The number of anilines is 1. The fourth-order valence-corrected chi connectivity index (χ4v) is 2.58. The molecule has 0 unspecified atom stereocenters. The van der Waals surface area contributed by atoms with Crippen molar-refractivity contribution in [1.29, 1.82) is 0 Å².